The zero-order valence-corrected chi connectivity index (χ0v) is 13.9. The van der Waals surface area contributed by atoms with Crippen molar-refractivity contribution < 1.29 is 4.74 Å². The van der Waals surface area contributed by atoms with Gasteiger partial charge in [0.1, 0.15) is 5.75 Å². The minimum atomic E-state index is 0.773. The summed E-state index contributed by atoms with van der Waals surface area (Å²) < 4.78 is 8.54. The van der Waals surface area contributed by atoms with Gasteiger partial charge in [-0.1, -0.05) is 12.1 Å². The molecule has 4 nitrogen and oxygen atoms in total. The lowest BCUT2D eigenvalue weighted by atomic mass is 10.2. The Kier molecular flexibility index (Phi) is 4.70. The van der Waals surface area contributed by atoms with E-state index >= 15 is 0 Å². The van der Waals surface area contributed by atoms with E-state index in [4.69, 9.17) is 4.74 Å². The third-order valence-electron chi connectivity index (χ3n) is 3.34. The molecule has 0 aliphatic heterocycles. The largest absolute Gasteiger partial charge is 0.495 e. The molecular formula is C15H20BrN3O. The fraction of sp³-hybridized carbons (Fsp3) is 0.400. The molecule has 0 aliphatic carbocycles. The number of hydrogen-bond acceptors (Lipinski definition) is 3. The normalized spacial score (nSPS) is 10.7. The van der Waals surface area contributed by atoms with Crippen molar-refractivity contribution in [2.75, 3.05) is 19.1 Å². The number of anilines is 1. The summed E-state index contributed by atoms with van der Waals surface area (Å²) in [7, 11) is 3.76. The second kappa shape index (κ2) is 6.31. The van der Waals surface area contributed by atoms with E-state index in [0.717, 1.165) is 34.7 Å². The van der Waals surface area contributed by atoms with Crippen molar-refractivity contribution in [1.82, 2.24) is 9.78 Å². The Morgan fingerprint density at radius 2 is 2.05 bits per heavy atom. The van der Waals surface area contributed by atoms with Gasteiger partial charge < -0.3 is 9.64 Å². The van der Waals surface area contributed by atoms with Crippen LogP contribution < -0.4 is 9.64 Å². The Bertz CT molecular complexity index is 595. The minimum absolute atomic E-state index is 0.773. The number of para-hydroxylation sites is 2. The summed E-state index contributed by atoms with van der Waals surface area (Å²) in [6.45, 7) is 5.76. The molecule has 20 heavy (non-hydrogen) atoms. The lowest BCUT2D eigenvalue weighted by Crippen LogP contribution is -2.20. The van der Waals surface area contributed by atoms with E-state index in [1.165, 1.54) is 5.69 Å². The molecule has 0 radical (unpaired) electrons. The van der Waals surface area contributed by atoms with Crippen LogP contribution in [0.15, 0.2) is 28.7 Å². The van der Waals surface area contributed by atoms with E-state index < -0.39 is 0 Å². The van der Waals surface area contributed by atoms with Gasteiger partial charge >= 0.3 is 0 Å². The third-order valence-corrected chi connectivity index (χ3v) is 4.37. The monoisotopic (exact) mass is 337 g/mol. The average molecular weight is 338 g/mol. The molecule has 0 aliphatic rings. The quantitative estimate of drug-likeness (QED) is 0.834. The summed E-state index contributed by atoms with van der Waals surface area (Å²) in [5.74, 6) is 0.880. The lowest BCUT2D eigenvalue weighted by molar-refractivity contribution is 0.414. The maximum absolute atomic E-state index is 5.42. The number of ether oxygens (including phenoxy) is 1. The second-order valence-corrected chi connectivity index (χ2v) is 5.48. The predicted octanol–water partition coefficient (Wildman–Crippen LogP) is 3.62. The number of benzene rings is 1. The highest BCUT2D eigenvalue weighted by Crippen LogP contribution is 2.29. The Morgan fingerprint density at radius 1 is 1.35 bits per heavy atom. The molecule has 0 saturated carbocycles. The van der Waals surface area contributed by atoms with Gasteiger partial charge in [0.15, 0.2) is 0 Å². The van der Waals surface area contributed by atoms with E-state index in [1.807, 2.05) is 29.8 Å². The zero-order chi connectivity index (χ0) is 14.7. The second-order valence-electron chi connectivity index (χ2n) is 4.69. The van der Waals surface area contributed by atoms with Gasteiger partial charge in [-0.05, 0) is 41.9 Å². The van der Waals surface area contributed by atoms with Crippen LogP contribution in [-0.4, -0.2) is 23.9 Å². The molecule has 2 aromatic rings. The van der Waals surface area contributed by atoms with Crippen LogP contribution in [0.4, 0.5) is 5.69 Å². The van der Waals surface area contributed by atoms with Crippen LogP contribution in [0.1, 0.15) is 18.3 Å². The maximum Gasteiger partial charge on any atom is 0.142 e. The van der Waals surface area contributed by atoms with E-state index in [2.05, 4.69) is 46.0 Å². The number of aryl methyl sites for hydroxylation is 2. The van der Waals surface area contributed by atoms with Crippen LogP contribution in [0.5, 0.6) is 5.75 Å². The van der Waals surface area contributed by atoms with Gasteiger partial charge in [0.2, 0.25) is 0 Å². The zero-order valence-electron chi connectivity index (χ0n) is 12.4. The first kappa shape index (κ1) is 14.9. The standard InChI is InChI=1S/C15H20BrN3O/c1-5-19-13(15(16)11(2)17-19)10-18(3)12-8-6-7-9-14(12)20-4/h6-9H,5,10H2,1-4H3. The molecule has 0 spiro atoms. The van der Waals surface area contributed by atoms with Crippen LogP contribution in [0.3, 0.4) is 0 Å². The molecule has 0 amide bonds. The molecule has 5 heteroatoms. The summed E-state index contributed by atoms with van der Waals surface area (Å²) in [5, 5.41) is 4.53. The smallest absolute Gasteiger partial charge is 0.142 e. The average Bonchev–Trinajstić information content (AvgIpc) is 2.74. The van der Waals surface area contributed by atoms with Gasteiger partial charge in [-0.3, -0.25) is 4.68 Å². The SMILES string of the molecule is CCn1nc(C)c(Br)c1CN(C)c1ccccc1OC. The van der Waals surface area contributed by atoms with Gasteiger partial charge in [0.25, 0.3) is 0 Å². The molecule has 0 unspecified atom stereocenters. The lowest BCUT2D eigenvalue weighted by Gasteiger charge is -2.22. The van der Waals surface area contributed by atoms with Crippen LogP contribution in [0.25, 0.3) is 0 Å². The van der Waals surface area contributed by atoms with Crippen molar-refractivity contribution in [3.63, 3.8) is 0 Å². The fourth-order valence-electron chi connectivity index (χ4n) is 2.28. The first-order valence-corrected chi connectivity index (χ1v) is 7.43. The highest BCUT2D eigenvalue weighted by atomic mass is 79.9. The topological polar surface area (TPSA) is 30.3 Å². The summed E-state index contributed by atoms with van der Waals surface area (Å²) in [6.07, 6.45) is 0. The third kappa shape index (κ3) is 2.82. The number of rotatable bonds is 5. The Balaban J connectivity index is 2.30. The molecule has 108 valence electrons. The summed E-state index contributed by atoms with van der Waals surface area (Å²) in [5.41, 5.74) is 3.28. The van der Waals surface area contributed by atoms with Crippen molar-refractivity contribution in [2.24, 2.45) is 0 Å². The van der Waals surface area contributed by atoms with Crippen molar-refractivity contribution in [3.05, 3.63) is 40.1 Å². The molecular weight excluding hydrogens is 318 g/mol. The first-order valence-electron chi connectivity index (χ1n) is 6.64. The molecule has 0 bridgehead atoms. The molecule has 1 heterocycles. The first-order chi connectivity index (χ1) is 9.58. The number of halogens is 1. The Labute approximate surface area is 128 Å². The Hall–Kier alpha value is -1.49. The summed E-state index contributed by atoms with van der Waals surface area (Å²) in [4.78, 5) is 2.17. The molecule has 0 saturated heterocycles. The van der Waals surface area contributed by atoms with Gasteiger partial charge in [0.05, 0.1) is 35.2 Å². The highest BCUT2D eigenvalue weighted by Gasteiger charge is 2.15. The van der Waals surface area contributed by atoms with Crippen LogP contribution >= 0.6 is 15.9 Å². The van der Waals surface area contributed by atoms with Gasteiger partial charge in [-0.25, -0.2) is 0 Å². The Morgan fingerprint density at radius 3 is 2.70 bits per heavy atom. The highest BCUT2D eigenvalue weighted by molar-refractivity contribution is 9.10. The van der Waals surface area contributed by atoms with Crippen molar-refractivity contribution in [1.29, 1.82) is 0 Å². The van der Waals surface area contributed by atoms with Crippen LogP contribution in [-0.2, 0) is 13.1 Å². The molecule has 0 fully saturated rings. The number of hydrogen-bond donors (Lipinski definition) is 0. The summed E-state index contributed by atoms with van der Waals surface area (Å²) in [6, 6.07) is 8.04. The number of nitrogens with zero attached hydrogens (tertiary/aromatic N) is 3. The summed E-state index contributed by atoms with van der Waals surface area (Å²) >= 11 is 3.64. The van der Waals surface area contributed by atoms with Gasteiger partial charge in [0, 0.05) is 13.6 Å². The minimum Gasteiger partial charge on any atom is -0.495 e. The fourth-order valence-corrected chi connectivity index (χ4v) is 2.68. The molecule has 2 rings (SSSR count). The van der Waals surface area contributed by atoms with E-state index in [0.29, 0.717) is 0 Å². The van der Waals surface area contributed by atoms with E-state index in [1.54, 1.807) is 7.11 Å². The molecule has 0 atom stereocenters. The van der Waals surface area contributed by atoms with Crippen molar-refractivity contribution in [3.8, 4) is 5.75 Å². The van der Waals surface area contributed by atoms with Crippen molar-refractivity contribution >= 4 is 21.6 Å². The van der Waals surface area contributed by atoms with E-state index in [-0.39, 0.29) is 0 Å². The molecule has 1 aromatic carbocycles. The van der Waals surface area contributed by atoms with Gasteiger partial charge in [-0.15, -0.1) is 0 Å². The predicted molar refractivity (Wildman–Crippen MR) is 85.4 cm³/mol. The van der Waals surface area contributed by atoms with E-state index in [9.17, 15) is 0 Å². The van der Waals surface area contributed by atoms with Crippen molar-refractivity contribution in [2.45, 2.75) is 26.9 Å². The molecule has 1 aromatic heterocycles. The number of aromatic nitrogens is 2. The maximum atomic E-state index is 5.42. The van der Waals surface area contributed by atoms with Gasteiger partial charge in [-0.2, -0.15) is 5.10 Å². The van der Waals surface area contributed by atoms with Crippen LogP contribution in [0.2, 0.25) is 0 Å². The number of methoxy groups -OCH3 is 1. The van der Waals surface area contributed by atoms with Crippen LogP contribution in [0, 0.1) is 6.92 Å². The molecule has 0 N–H and O–H groups in total.